The largest absolute Gasteiger partial charge is 0.492 e. The van der Waals surface area contributed by atoms with Gasteiger partial charge in [-0.2, -0.15) is 4.52 Å². The Labute approximate surface area is 201 Å². The molecule has 170 valence electrons. The number of nitrogens with zero attached hydrogens (tertiary/aromatic N) is 4. The monoisotopic (exact) mass is 469 g/mol. The summed E-state index contributed by atoms with van der Waals surface area (Å²) in [4.78, 5) is 23.1. The number of benzene rings is 3. The van der Waals surface area contributed by atoms with Crippen LogP contribution >= 0.6 is 11.8 Å². The van der Waals surface area contributed by atoms with Gasteiger partial charge in [-0.05, 0) is 43.7 Å². The number of hydrogen-bond acceptors (Lipinski definition) is 6. The van der Waals surface area contributed by atoms with Gasteiger partial charge in [-0.1, -0.05) is 66.4 Å². The molecule has 0 fully saturated rings. The molecule has 0 aliphatic rings. The van der Waals surface area contributed by atoms with E-state index in [4.69, 9.17) is 9.72 Å². The average molecular weight is 470 g/mol. The fourth-order valence-corrected chi connectivity index (χ4v) is 4.81. The van der Waals surface area contributed by atoms with Crippen LogP contribution in [0.15, 0.2) is 84.0 Å². The molecule has 1 unspecified atom stereocenters. The molecule has 0 saturated carbocycles. The maximum Gasteiger partial charge on any atom is 0.242 e. The lowest BCUT2D eigenvalue weighted by Gasteiger charge is -2.18. The Bertz CT molecular complexity index is 1470. The van der Waals surface area contributed by atoms with Crippen LogP contribution in [-0.2, 0) is 4.79 Å². The standard InChI is InChI=1S/C26H23N5O2S/c1-3-33-22-16-10-9-15-21(22)28-25(32)23(18-11-5-4-6-12-18)34-26-29-20-14-8-7-13-19(20)24-27-17(2)30-31(24)26/h4-16,23H,3H2,1-2H3,(H,28,32). The zero-order valence-electron chi connectivity index (χ0n) is 18.8. The van der Waals surface area contributed by atoms with Gasteiger partial charge < -0.3 is 10.1 Å². The van der Waals surface area contributed by atoms with Crippen LogP contribution in [0.2, 0.25) is 0 Å². The molecule has 8 heteroatoms. The van der Waals surface area contributed by atoms with Crippen molar-refractivity contribution in [2.75, 3.05) is 11.9 Å². The van der Waals surface area contributed by atoms with Crippen molar-refractivity contribution in [2.45, 2.75) is 24.3 Å². The normalized spacial score (nSPS) is 12.1. The van der Waals surface area contributed by atoms with Gasteiger partial charge in [-0.3, -0.25) is 4.79 Å². The fraction of sp³-hybridized carbons (Fsp3) is 0.154. The van der Waals surface area contributed by atoms with Crippen molar-refractivity contribution in [3.8, 4) is 5.75 Å². The van der Waals surface area contributed by atoms with E-state index in [9.17, 15) is 4.79 Å². The van der Waals surface area contributed by atoms with Gasteiger partial charge in [0.1, 0.15) is 16.8 Å². The number of carbonyl (C=O) groups excluding carboxylic acids is 1. The molecular weight excluding hydrogens is 446 g/mol. The first-order valence-corrected chi connectivity index (χ1v) is 11.9. The van der Waals surface area contributed by atoms with E-state index < -0.39 is 5.25 Å². The van der Waals surface area contributed by atoms with Crippen molar-refractivity contribution < 1.29 is 9.53 Å². The summed E-state index contributed by atoms with van der Waals surface area (Å²) in [5, 5.41) is 8.55. The topological polar surface area (TPSA) is 81.4 Å². The highest BCUT2D eigenvalue weighted by atomic mass is 32.2. The lowest BCUT2D eigenvalue weighted by Crippen LogP contribution is -2.20. The summed E-state index contributed by atoms with van der Waals surface area (Å²) in [6.45, 7) is 4.27. The van der Waals surface area contributed by atoms with E-state index in [1.807, 2.05) is 92.7 Å². The van der Waals surface area contributed by atoms with Gasteiger partial charge in [-0.15, -0.1) is 5.10 Å². The molecule has 34 heavy (non-hydrogen) atoms. The second-order valence-electron chi connectivity index (χ2n) is 7.63. The molecule has 3 aromatic carbocycles. The SMILES string of the molecule is CCOc1ccccc1NC(=O)C(Sc1nc2ccccc2c2nc(C)nn12)c1ccccc1. The number of aromatic nitrogens is 4. The van der Waals surface area contributed by atoms with Crippen molar-refractivity contribution in [1.82, 2.24) is 19.6 Å². The van der Waals surface area contributed by atoms with Crippen LogP contribution in [0.3, 0.4) is 0 Å². The van der Waals surface area contributed by atoms with Crippen molar-refractivity contribution in [1.29, 1.82) is 0 Å². The molecule has 1 N–H and O–H groups in total. The molecule has 7 nitrogen and oxygen atoms in total. The summed E-state index contributed by atoms with van der Waals surface area (Å²) >= 11 is 1.34. The highest BCUT2D eigenvalue weighted by molar-refractivity contribution is 8.00. The Morgan fingerprint density at radius 3 is 2.56 bits per heavy atom. The summed E-state index contributed by atoms with van der Waals surface area (Å²) in [5.74, 6) is 1.10. The van der Waals surface area contributed by atoms with Crippen LogP contribution in [0.25, 0.3) is 16.6 Å². The molecular formula is C26H23N5O2S. The summed E-state index contributed by atoms with van der Waals surface area (Å²) in [6, 6.07) is 24.9. The van der Waals surface area contributed by atoms with E-state index in [2.05, 4.69) is 15.4 Å². The van der Waals surface area contributed by atoms with Crippen LogP contribution in [-0.4, -0.2) is 32.1 Å². The van der Waals surface area contributed by atoms with Gasteiger partial charge in [0.05, 0.1) is 17.8 Å². The summed E-state index contributed by atoms with van der Waals surface area (Å²) in [5.41, 5.74) is 3.02. The van der Waals surface area contributed by atoms with Crippen LogP contribution in [0.5, 0.6) is 5.75 Å². The van der Waals surface area contributed by atoms with Gasteiger partial charge in [-0.25, -0.2) is 9.97 Å². The Balaban J connectivity index is 1.56. The predicted molar refractivity (Wildman–Crippen MR) is 134 cm³/mol. The molecule has 1 atom stereocenters. The number of ether oxygens (including phenoxy) is 1. The zero-order chi connectivity index (χ0) is 23.5. The molecule has 1 amide bonds. The van der Waals surface area contributed by atoms with Crippen LogP contribution in [0.1, 0.15) is 23.6 Å². The molecule has 0 aliphatic carbocycles. The van der Waals surface area contributed by atoms with E-state index in [0.29, 0.717) is 29.0 Å². The lowest BCUT2D eigenvalue weighted by molar-refractivity contribution is -0.115. The zero-order valence-corrected chi connectivity index (χ0v) is 19.6. The number of anilines is 1. The number of thioether (sulfide) groups is 1. The number of rotatable bonds is 7. The number of aryl methyl sites for hydroxylation is 1. The third kappa shape index (κ3) is 4.32. The Hall–Kier alpha value is -3.91. The first kappa shape index (κ1) is 21.9. The first-order chi connectivity index (χ1) is 16.6. The van der Waals surface area contributed by atoms with Crippen LogP contribution < -0.4 is 10.1 Å². The molecule has 0 bridgehead atoms. The predicted octanol–water partition coefficient (Wildman–Crippen LogP) is 5.46. The van der Waals surface area contributed by atoms with Gasteiger partial charge >= 0.3 is 0 Å². The highest BCUT2D eigenvalue weighted by Gasteiger charge is 2.26. The second-order valence-corrected chi connectivity index (χ2v) is 8.71. The van der Waals surface area contributed by atoms with Crippen LogP contribution in [0, 0.1) is 6.92 Å². The minimum Gasteiger partial charge on any atom is -0.492 e. The number of carbonyl (C=O) groups is 1. The Morgan fingerprint density at radius 2 is 1.74 bits per heavy atom. The maximum absolute atomic E-state index is 13.6. The Kier molecular flexibility index (Phi) is 6.14. The number of hydrogen-bond donors (Lipinski definition) is 1. The molecule has 0 spiro atoms. The van der Waals surface area contributed by atoms with Crippen molar-refractivity contribution in [2.24, 2.45) is 0 Å². The fourth-order valence-electron chi connectivity index (χ4n) is 3.77. The molecule has 2 heterocycles. The van der Waals surface area contributed by atoms with Gasteiger partial charge in [0.2, 0.25) is 5.91 Å². The number of para-hydroxylation sites is 3. The minimum absolute atomic E-state index is 0.178. The molecule has 0 aliphatic heterocycles. The molecule has 5 rings (SSSR count). The first-order valence-electron chi connectivity index (χ1n) is 11.0. The van der Waals surface area contributed by atoms with Crippen molar-refractivity contribution in [3.05, 3.63) is 90.3 Å². The van der Waals surface area contributed by atoms with Gasteiger partial charge in [0.25, 0.3) is 0 Å². The smallest absolute Gasteiger partial charge is 0.242 e. The third-order valence-corrected chi connectivity index (χ3v) is 6.46. The van der Waals surface area contributed by atoms with Crippen LogP contribution in [0.4, 0.5) is 5.69 Å². The molecule has 0 saturated heterocycles. The van der Waals surface area contributed by atoms with Crippen molar-refractivity contribution >= 4 is 39.9 Å². The van der Waals surface area contributed by atoms with Gasteiger partial charge in [0.15, 0.2) is 10.8 Å². The number of nitrogens with one attached hydrogen (secondary N) is 1. The van der Waals surface area contributed by atoms with E-state index >= 15 is 0 Å². The maximum atomic E-state index is 13.6. The Morgan fingerprint density at radius 1 is 1.00 bits per heavy atom. The number of fused-ring (bicyclic) bond motifs is 3. The third-order valence-electron chi connectivity index (χ3n) is 5.26. The van der Waals surface area contributed by atoms with E-state index in [-0.39, 0.29) is 5.91 Å². The summed E-state index contributed by atoms with van der Waals surface area (Å²) < 4.78 is 7.42. The lowest BCUT2D eigenvalue weighted by atomic mass is 10.1. The molecule has 5 aromatic rings. The van der Waals surface area contributed by atoms with E-state index in [1.165, 1.54) is 11.8 Å². The summed E-state index contributed by atoms with van der Waals surface area (Å²) in [7, 11) is 0. The van der Waals surface area contributed by atoms with E-state index in [0.717, 1.165) is 22.1 Å². The molecule has 0 radical (unpaired) electrons. The highest BCUT2D eigenvalue weighted by Crippen LogP contribution is 2.37. The second kappa shape index (κ2) is 9.52. The molecule has 2 aromatic heterocycles. The average Bonchev–Trinajstić information content (AvgIpc) is 3.26. The summed E-state index contributed by atoms with van der Waals surface area (Å²) in [6.07, 6.45) is 0. The van der Waals surface area contributed by atoms with E-state index in [1.54, 1.807) is 4.52 Å². The number of amides is 1. The quantitative estimate of drug-likeness (QED) is 0.252. The van der Waals surface area contributed by atoms with Crippen molar-refractivity contribution in [3.63, 3.8) is 0 Å². The minimum atomic E-state index is -0.572. The van der Waals surface area contributed by atoms with Gasteiger partial charge in [0, 0.05) is 5.39 Å².